The highest BCUT2D eigenvalue weighted by molar-refractivity contribution is 8.00. The first kappa shape index (κ1) is 15.0. The highest BCUT2D eigenvalue weighted by Gasteiger charge is 2.30. The minimum atomic E-state index is -0.282. The number of rotatable bonds is 3. The number of aromatic amines is 1. The summed E-state index contributed by atoms with van der Waals surface area (Å²) in [7, 11) is 0. The number of carbonyl (C=O) groups is 1. The molecule has 1 atom stereocenters. The summed E-state index contributed by atoms with van der Waals surface area (Å²) < 4.78 is 14.7. The van der Waals surface area contributed by atoms with Gasteiger partial charge in [0.25, 0.3) is 5.91 Å². The Labute approximate surface area is 148 Å². The third-order valence-electron chi connectivity index (χ3n) is 4.84. The zero-order chi connectivity index (χ0) is 17.0. The van der Waals surface area contributed by atoms with Gasteiger partial charge in [-0.15, -0.1) is 11.8 Å². The first-order valence-corrected chi connectivity index (χ1v) is 9.25. The van der Waals surface area contributed by atoms with Crippen LogP contribution >= 0.6 is 11.8 Å². The van der Waals surface area contributed by atoms with Gasteiger partial charge in [0.2, 0.25) is 0 Å². The lowest BCUT2D eigenvalue weighted by Gasteiger charge is -2.15. The number of H-pyrrole nitrogens is 1. The van der Waals surface area contributed by atoms with Gasteiger partial charge in [0, 0.05) is 38.8 Å². The molecule has 6 heteroatoms. The molecule has 1 aromatic heterocycles. The van der Waals surface area contributed by atoms with E-state index in [9.17, 15) is 9.18 Å². The smallest absolute Gasteiger partial charge is 0.257 e. The molecule has 1 amide bonds. The SMILES string of the molecule is O=C1Nc2ccc(F)c3c(S[C@@H]4CCCN4)cc(-c4ccc[nH]4)c1c23. The predicted octanol–water partition coefficient (Wildman–Crippen LogP) is 4.34. The first-order valence-electron chi connectivity index (χ1n) is 8.37. The molecule has 3 aromatic rings. The summed E-state index contributed by atoms with van der Waals surface area (Å²) in [4.78, 5) is 16.6. The molecule has 3 heterocycles. The van der Waals surface area contributed by atoms with Gasteiger partial charge in [-0.1, -0.05) is 0 Å². The number of hydrogen-bond donors (Lipinski definition) is 3. The maximum Gasteiger partial charge on any atom is 0.257 e. The van der Waals surface area contributed by atoms with Gasteiger partial charge in [0.15, 0.2) is 0 Å². The van der Waals surface area contributed by atoms with Crippen LogP contribution in [-0.2, 0) is 0 Å². The second-order valence-electron chi connectivity index (χ2n) is 6.38. The van der Waals surface area contributed by atoms with E-state index in [0.29, 0.717) is 22.0 Å². The van der Waals surface area contributed by atoms with Gasteiger partial charge in [-0.25, -0.2) is 4.39 Å². The molecule has 2 aromatic carbocycles. The zero-order valence-corrected chi connectivity index (χ0v) is 14.2. The van der Waals surface area contributed by atoms with E-state index in [1.807, 2.05) is 24.4 Å². The molecule has 5 rings (SSSR count). The van der Waals surface area contributed by atoms with Gasteiger partial charge in [0.05, 0.1) is 10.9 Å². The molecule has 0 radical (unpaired) electrons. The Bertz CT molecular complexity index is 994. The van der Waals surface area contributed by atoms with Crippen molar-refractivity contribution in [3.8, 4) is 11.3 Å². The quantitative estimate of drug-likeness (QED) is 0.656. The molecular formula is C19H16FN3OS. The van der Waals surface area contributed by atoms with Gasteiger partial charge in [-0.2, -0.15) is 0 Å². The molecule has 126 valence electrons. The summed E-state index contributed by atoms with van der Waals surface area (Å²) in [5.41, 5.74) is 2.92. The predicted molar refractivity (Wildman–Crippen MR) is 98.5 cm³/mol. The Balaban J connectivity index is 1.81. The number of anilines is 1. The number of thioether (sulfide) groups is 1. The second kappa shape index (κ2) is 5.61. The highest BCUT2D eigenvalue weighted by atomic mass is 32.2. The van der Waals surface area contributed by atoms with Crippen molar-refractivity contribution in [2.24, 2.45) is 0 Å². The van der Waals surface area contributed by atoms with Crippen LogP contribution < -0.4 is 10.6 Å². The largest absolute Gasteiger partial charge is 0.361 e. The standard InChI is InChI=1S/C19H16FN3OS/c20-11-5-6-13-18-16(19(24)23-13)10(12-3-1-7-21-12)9-14(17(11)18)25-15-4-2-8-22-15/h1,3,5-7,9,15,21-22H,2,4,8H2,(H,23,24)/t15-/m1/s1. The molecule has 0 bridgehead atoms. The van der Waals surface area contributed by atoms with E-state index in [1.54, 1.807) is 17.8 Å². The number of carbonyl (C=O) groups excluding carboxylic acids is 1. The van der Waals surface area contributed by atoms with Gasteiger partial charge < -0.3 is 15.6 Å². The van der Waals surface area contributed by atoms with E-state index in [-0.39, 0.29) is 17.1 Å². The molecule has 1 saturated heterocycles. The van der Waals surface area contributed by atoms with E-state index in [4.69, 9.17) is 0 Å². The number of amides is 1. The Morgan fingerprint density at radius 2 is 2.12 bits per heavy atom. The fraction of sp³-hybridized carbons (Fsp3) is 0.211. The Morgan fingerprint density at radius 3 is 2.88 bits per heavy atom. The van der Waals surface area contributed by atoms with Gasteiger partial charge in [-0.3, -0.25) is 4.79 Å². The average Bonchev–Trinajstić information content (AvgIpc) is 3.34. The number of hydrogen-bond acceptors (Lipinski definition) is 3. The summed E-state index contributed by atoms with van der Waals surface area (Å²) in [5.74, 6) is -0.458. The molecule has 2 aliphatic heterocycles. The molecule has 0 unspecified atom stereocenters. The van der Waals surface area contributed by atoms with E-state index < -0.39 is 0 Å². The summed E-state index contributed by atoms with van der Waals surface area (Å²) in [6, 6.07) is 8.87. The van der Waals surface area contributed by atoms with Crippen molar-refractivity contribution in [3.05, 3.63) is 47.9 Å². The normalized spacial score (nSPS) is 18.9. The van der Waals surface area contributed by atoms with Gasteiger partial charge in [0.1, 0.15) is 5.82 Å². The number of aromatic nitrogens is 1. The van der Waals surface area contributed by atoms with Crippen molar-refractivity contribution in [1.82, 2.24) is 10.3 Å². The van der Waals surface area contributed by atoms with Crippen LogP contribution in [0.15, 0.2) is 41.4 Å². The van der Waals surface area contributed by atoms with Crippen LogP contribution in [0.2, 0.25) is 0 Å². The molecule has 25 heavy (non-hydrogen) atoms. The Morgan fingerprint density at radius 1 is 1.20 bits per heavy atom. The molecule has 1 fully saturated rings. The lowest BCUT2D eigenvalue weighted by atomic mass is 9.97. The van der Waals surface area contributed by atoms with Crippen molar-refractivity contribution in [2.45, 2.75) is 23.1 Å². The Kier molecular flexibility index (Phi) is 3.36. The molecule has 2 aliphatic rings. The fourth-order valence-corrected chi connectivity index (χ4v) is 5.02. The number of nitrogens with one attached hydrogen (secondary N) is 3. The first-order chi connectivity index (χ1) is 12.2. The van der Waals surface area contributed by atoms with Crippen LogP contribution in [0.5, 0.6) is 0 Å². The van der Waals surface area contributed by atoms with E-state index >= 15 is 0 Å². The van der Waals surface area contributed by atoms with Crippen LogP contribution in [0.3, 0.4) is 0 Å². The minimum absolute atomic E-state index is 0.175. The van der Waals surface area contributed by atoms with Crippen molar-refractivity contribution < 1.29 is 9.18 Å². The molecule has 0 aliphatic carbocycles. The molecule has 0 spiro atoms. The van der Waals surface area contributed by atoms with Crippen molar-refractivity contribution >= 4 is 34.1 Å². The molecule has 3 N–H and O–H groups in total. The fourth-order valence-electron chi connectivity index (χ4n) is 3.72. The lowest BCUT2D eigenvalue weighted by molar-refractivity contribution is 0.103. The van der Waals surface area contributed by atoms with Crippen molar-refractivity contribution in [2.75, 3.05) is 11.9 Å². The molecular weight excluding hydrogens is 337 g/mol. The van der Waals surface area contributed by atoms with Crippen molar-refractivity contribution in [1.29, 1.82) is 0 Å². The van der Waals surface area contributed by atoms with Crippen molar-refractivity contribution in [3.63, 3.8) is 0 Å². The lowest BCUT2D eigenvalue weighted by Crippen LogP contribution is -2.17. The van der Waals surface area contributed by atoms with Crippen LogP contribution in [0.1, 0.15) is 23.2 Å². The van der Waals surface area contributed by atoms with E-state index in [0.717, 1.165) is 35.5 Å². The maximum absolute atomic E-state index is 14.7. The third-order valence-corrected chi connectivity index (χ3v) is 6.11. The average molecular weight is 353 g/mol. The summed E-state index contributed by atoms with van der Waals surface area (Å²) >= 11 is 1.65. The third kappa shape index (κ3) is 2.28. The monoisotopic (exact) mass is 353 g/mol. The van der Waals surface area contributed by atoms with Crippen LogP contribution in [0.4, 0.5) is 10.1 Å². The minimum Gasteiger partial charge on any atom is -0.361 e. The van der Waals surface area contributed by atoms with Gasteiger partial charge in [-0.05, 0) is 49.7 Å². The van der Waals surface area contributed by atoms with Crippen LogP contribution in [0.25, 0.3) is 22.0 Å². The summed E-state index contributed by atoms with van der Waals surface area (Å²) in [6.45, 7) is 0.991. The second-order valence-corrected chi connectivity index (χ2v) is 7.63. The summed E-state index contributed by atoms with van der Waals surface area (Å²) in [6.07, 6.45) is 4.02. The number of benzene rings is 2. The van der Waals surface area contributed by atoms with Crippen LogP contribution in [0, 0.1) is 5.82 Å². The molecule has 0 saturated carbocycles. The maximum atomic E-state index is 14.7. The summed E-state index contributed by atoms with van der Waals surface area (Å²) in [5, 5.41) is 7.83. The van der Waals surface area contributed by atoms with E-state index in [2.05, 4.69) is 15.6 Å². The van der Waals surface area contributed by atoms with Gasteiger partial charge >= 0.3 is 0 Å². The Hall–Kier alpha value is -2.31. The topological polar surface area (TPSA) is 56.9 Å². The van der Waals surface area contributed by atoms with E-state index in [1.165, 1.54) is 6.07 Å². The highest BCUT2D eigenvalue weighted by Crippen LogP contribution is 2.45. The zero-order valence-electron chi connectivity index (χ0n) is 13.4. The number of halogens is 1. The molecule has 4 nitrogen and oxygen atoms in total. The van der Waals surface area contributed by atoms with Crippen LogP contribution in [-0.4, -0.2) is 22.8 Å².